The third kappa shape index (κ3) is 3.05. The molecule has 0 bridgehead atoms. The van der Waals surface area contributed by atoms with Crippen LogP contribution in [0.15, 0.2) is 0 Å². The number of amides is 1. The zero-order valence-corrected chi connectivity index (χ0v) is 7.24. The summed E-state index contributed by atoms with van der Waals surface area (Å²) in [6.45, 7) is 1.71. The smallest absolute Gasteiger partial charge is 0.247 e. The summed E-state index contributed by atoms with van der Waals surface area (Å²) in [5.74, 6) is 0.0763. The Hall–Kier alpha value is -0.320. The number of hydrogen-bond acceptors (Lipinski definition) is 3. The second-order valence-corrected chi connectivity index (χ2v) is 2.36. The lowest BCUT2D eigenvalue weighted by Crippen LogP contribution is -2.30. The van der Waals surface area contributed by atoms with Gasteiger partial charge in [-0.25, -0.2) is 5.48 Å². The van der Waals surface area contributed by atoms with E-state index in [9.17, 15) is 4.79 Å². The van der Waals surface area contributed by atoms with Crippen molar-refractivity contribution in [2.24, 2.45) is 5.92 Å². The molecule has 1 heterocycles. The van der Waals surface area contributed by atoms with Crippen molar-refractivity contribution in [3.8, 4) is 0 Å². The first kappa shape index (κ1) is 10.7. The standard InChI is InChI=1S/C6H12N2O2.ClH/c1-10-8-6(9)5-2-3-7-4-5;/h5,7H,2-4H2,1H3,(H,8,9);1H/t5-;/m0./s1. The molecular weight excluding hydrogens is 168 g/mol. The van der Waals surface area contributed by atoms with Crippen molar-refractivity contribution >= 4 is 18.3 Å². The maximum absolute atomic E-state index is 11.0. The van der Waals surface area contributed by atoms with E-state index in [0.29, 0.717) is 0 Å². The summed E-state index contributed by atoms with van der Waals surface area (Å²) in [5.41, 5.74) is 2.31. The molecule has 0 saturated carbocycles. The van der Waals surface area contributed by atoms with Crippen molar-refractivity contribution in [1.82, 2.24) is 10.8 Å². The summed E-state index contributed by atoms with van der Waals surface area (Å²) in [4.78, 5) is 15.5. The van der Waals surface area contributed by atoms with Crippen LogP contribution in [0.5, 0.6) is 0 Å². The number of carbonyl (C=O) groups is 1. The fourth-order valence-corrected chi connectivity index (χ4v) is 1.06. The summed E-state index contributed by atoms with van der Waals surface area (Å²) in [7, 11) is 1.44. The van der Waals surface area contributed by atoms with Crippen LogP contribution in [0.2, 0.25) is 0 Å². The number of carbonyl (C=O) groups excluding carboxylic acids is 1. The molecule has 1 atom stereocenters. The van der Waals surface area contributed by atoms with Crippen molar-refractivity contribution in [3.63, 3.8) is 0 Å². The first-order chi connectivity index (χ1) is 4.84. The molecule has 4 nitrogen and oxygen atoms in total. The van der Waals surface area contributed by atoms with Gasteiger partial charge in [0.15, 0.2) is 0 Å². The highest BCUT2D eigenvalue weighted by molar-refractivity contribution is 5.85. The second kappa shape index (κ2) is 5.35. The van der Waals surface area contributed by atoms with E-state index in [-0.39, 0.29) is 24.2 Å². The molecule has 1 rings (SSSR count). The molecule has 0 radical (unpaired) electrons. The van der Waals surface area contributed by atoms with Gasteiger partial charge >= 0.3 is 0 Å². The summed E-state index contributed by atoms with van der Waals surface area (Å²) in [5, 5.41) is 3.10. The molecule has 2 N–H and O–H groups in total. The first-order valence-electron chi connectivity index (χ1n) is 3.38. The molecule has 66 valence electrons. The van der Waals surface area contributed by atoms with E-state index in [1.165, 1.54) is 7.11 Å². The highest BCUT2D eigenvalue weighted by atomic mass is 35.5. The van der Waals surface area contributed by atoms with Gasteiger partial charge in [-0.2, -0.15) is 0 Å². The molecule has 1 aliphatic rings. The van der Waals surface area contributed by atoms with Gasteiger partial charge in [0, 0.05) is 6.54 Å². The van der Waals surface area contributed by atoms with Gasteiger partial charge in [0.25, 0.3) is 0 Å². The Bertz CT molecular complexity index is 126. The Kier molecular flexibility index (Phi) is 5.19. The van der Waals surface area contributed by atoms with Gasteiger partial charge < -0.3 is 5.32 Å². The predicted octanol–water partition coefficient (Wildman–Crippen LogP) is -0.305. The predicted molar refractivity (Wildman–Crippen MR) is 43.4 cm³/mol. The molecule has 0 aliphatic carbocycles. The number of rotatable bonds is 2. The third-order valence-electron chi connectivity index (χ3n) is 1.63. The molecule has 0 aromatic heterocycles. The van der Waals surface area contributed by atoms with E-state index in [1.54, 1.807) is 0 Å². The largest absolute Gasteiger partial charge is 0.316 e. The molecule has 1 saturated heterocycles. The van der Waals surface area contributed by atoms with Crippen LogP contribution in [0.3, 0.4) is 0 Å². The van der Waals surface area contributed by atoms with Gasteiger partial charge in [-0.05, 0) is 13.0 Å². The van der Waals surface area contributed by atoms with E-state index in [4.69, 9.17) is 0 Å². The number of hydrogen-bond donors (Lipinski definition) is 2. The monoisotopic (exact) mass is 180 g/mol. The van der Waals surface area contributed by atoms with Crippen LogP contribution in [0.4, 0.5) is 0 Å². The maximum atomic E-state index is 11.0. The quantitative estimate of drug-likeness (QED) is 0.574. The van der Waals surface area contributed by atoms with Crippen molar-refractivity contribution in [1.29, 1.82) is 0 Å². The maximum Gasteiger partial charge on any atom is 0.247 e. The van der Waals surface area contributed by atoms with Gasteiger partial charge in [-0.15, -0.1) is 12.4 Å². The van der Waals surface area contributed by atoms with Gasteiger partial charge in [-0.3, -0.25) is 9.63 Å². The van der Waals surface area contributed by atoms with Crippen LogP contribution < -0.4 is 10.8 Å². The van der Waals surface area contributed by atoms with E-state index in [2.05, 4.69) is 15.6 Å². The second-order valence-electron chi connectivity index (χ2n) is 2.36. The van der Waals surface area contributed by atoms with E-state index < -0.39 is 0 Å². The van der Waals surface area contributed by atoms with E-state index in [1.807, 2.05) is 0 Å². The van der Waals surface area contributed by atoms with Gasteiger partial charge in [0.1, 0.15) is 0 Å². The Morgan fingerprint density at radius 1 is 1.73 bits per heavy atom. The van der Waals surface area contributed by atoms with E-state index >= 15 is 0 Å². The highest BCUT2D eigenvalue weighted by Gasteiger charge is 2.21. The Labute approximate surface area is 72.0 Å². The molecule has 0 unspecified atom stereocenters. The molecule has 1 amide bonds. The average Bonchev–Trinajstić information content (AvgIpc) is 2.38. The Morgan fingerprint density at radius 3 is 2.91 bits per heavy atom. The fraction of sp³-hybridized carbons (Fsp3) is 0.833. The lowest BCUT2D eigenvalue weighted by molar-refractivity contribution is -0.134. The number of hydroxylamine groups is 1. The minimum Gasteiger partial charge on any atom is -0.316 e. The van der Waals surface area contributed by atoms with E-state index in [0.717, 1.165) is 19.5 Å². The highest BCUT2D eigenvalue weighted by Crippen LogP contribution is 2.06. The summed E-state index contributed by atoms with van der Waals surface area (Å²) < 4.78 is 0. The molecular formula is C6H13ClN2O2. The lowest BCUT2D eigenvalue weighted by atomic mass is 10.1. The molecule has 0 spiro atoms. The summed E-state index contributed by atoms with van der Waals surface area (Å²) in [6.07, 6.45) is 0.912. The van der Waals surface area contributed by atoms with Crippen LogP contribution in [0.25, 0.3) is 0 Å². The normalized spacial score (nSPS) is 22.5. The Morgan fingerprint density at radius 2 is 2.45 bits per heavy atom. The molecule has 0 aromatic rings. The van der Waals surface area contributed by atoms with Crippen molar-refractivity contribution in [2.45, 2.75) is 6.42 Å². The summed E-state index contributed by atoms with van der Waals surface area (Å²) in [6, 6.07) is 0. The van der Waals surface area contributed by atoms with Crippen molar-refractivity contribution < 1.29 is 9.63 Å². The molecule has 11 heavy (non-hydrogen) atoms. The topological polar surface area (TPSA) is 50.4 Å². The minimum absolute atomic E-state index is 0. The Balaban J connectivity index is 0.000001000. The minimum atomic E-state index is -0.0208. The van der Waals surface area contributed by atoms with Crippen LogP contribution in [0.1, 0.15) is 6.42 Å². The van der Waals surface area contributed by atoms with Gasteiger partial charge in [0.2, 0.25) is 5.91 Å². The van der Waals surface area contributed by atoms with Crippen LogP contribution in [-0.4, -0.2) is 26.1 Å². The lowest BCUT2D eigenvalue weighted by Gasteiger charge is -2.05. The molecule has 5 heteroatoms. The van der Waals surface area contributed by atoms with Gasteiger partial charge in [0.05, 0.1) is 13.0 Å². The SMILES string of the molecule is CONC(=O)[C@H]1CCNC1.Cl. The zero-order valence-electron chi connectivity index (χ0n) is 6.42. The van der Waals surface area contributed by atoms with Crippen molar-refractivity contribution in [2.75, 3.05) is 20.2 Å². The first-order valence-corrected chi connectivity index (χ1v) is 3.38. The number of nitrogens with one attached hydrogen (secondary N) is 2. The molecule has 1 fully saturated rings. The van der Waals surface area contributed by atoms with Gasteiger partial charge in [-0.1, -0.05) is 0 Å². The van der Waals surface area contributed by atoms with Crippen molar-refractivity contribution in [3.05, 3.63) is 0 Å². The average molecular weight is 181 g/mol. The third-order valence-corrected chi connectivity index (χ3v) is 1.63. The van der Waals surface area contributed by atoms with Crippen LogP contribution >= 0.6 is 12.4 Å². The summed E-state index contributed by atoms with van der Waals surface area (Å²) >= 11 is 0. The number of halogens is 1. The van der Waals surface area contributed by atoms with Crippen LogP contribution in [0, 0.1) is 5.92 Å². The fourth-order valence-electron chi connectivity index (χ4n) is 1.06. The zero-order chi connectivity index (χ0) is 7.40. The molecule has 1 aliphatic heterocycles. The van der Waals surface area contributed by atoms with Crippen LogP contribution in [-0.2, 0) is 9.63 Å². The molecule has 0 aromatic carbocycles.